The number of amides is 1. The quantitative estimate of drug-likeness (QED) is 0.678. The van der Waals surface area contributed by atoms with Crippen LogP contribution >= 0.6 is 0 Å². The highest BCUT2D eigenvalue weighted by Gasteiger charge is 2.43. The van der Waals surface area contributed by atoms with Crippen molar-refractivity contribution in [2.24, 2.45) is 0 Å². The summed E-state index contributed by atoms with van der Waals surface area (Å²) in [4.78, 5) is 37.7. The minimum atomic E-state index is -1.42. The van der Waals surface area contributed by atoms with Crippen LogP contribution in [0, 0.1) is 0 Å². The molecule has 0 saturated heterocycles. The van der Waals surface area contributed by atoms with Gasteiger partial charge >= 0.3 is 11.9 Å². The van der Waals surface area contributed by atoms with Gasteiger partial charge in [0.15, 0.2) is 17.1 Å². The summed E-state index contributed by atoms with van der Waals surface area (Å²) in [5.74, 6) is -0.613. The highest BCUT2D eigenvalue weighted by atomic mass is 16.6. The number of hydrogen-bond donors (Lipinski definition) is 1. The number of cyclic esters (lactones) is 1. The molecule has 1 amide bonds. The normalized spacial score (nSPS) is 18.3. The average Bonchev–Trinajstić information content (AvgIpc) is 2.77. The van der Waals surface area contributed by atoms with Crippen LogP contribution in [0.4, 0.5) is 0 Å². The highest BCUT2D eigenvalue weighted by Crippen LogP contribution is 2.33. The molecule has 3 rings (SSSR count). The Labute approximate surface area is 180 Å². The van der Waals surface area contributed by atoms with Gasteiger partial charge in [0, 0.05) is 6.42 Å². The van der Waals surface area contributed by atoms with E-state index in [-0.39, 0.29) is 12.8 Å². The maximum absolute atomic E-state index is 13.2. The number of fused-ring (bicyclic) bond motifs is 1. The number of carbonyl (C=O) groups excluding carboxylic acids is 3. The topological polar surface area (TPSA) is 100 Å². The molecule has 1 heterocycles. The lowest BCUT2D eigenvalue weighted by molar-refractivity contribution is -0.143. The smallest absolute Gasteiger partial charge is 0.339 e. The second-order valence-electron chi connectivity index (χ2n) is 7.38. The van der Waals surface area contributed by atoms with Gasteiger partial charge in [-0.2, -0.15) is 0 Å². The first-order valence-corrected chi connectivity index (χ1v) is 9.72. The van der Waals surface area contributed by atoms with Gasteiger partial charge in [0.1, 0.15) is 0 Å². The second kappa shape index (κ2) is 9.07. The average molecular weight is 427 g/mol. The summed E-state index contributed by atoms with van der Waals surface area (Å²) in [6, 6.07) is 11.4. The van der Waals surface area contributed by atoms with E-state index in [0.717, 1.165) is 5.56 Å². The molecular weight excluding hydrogens is 402 g/mol. The van der Waals surface area contributed by atoms with E-state index < -0.39 is 29.5 Å². The lowest BCUT2D eigenvalue weighted by Crippen LogP contribution is -2.52. The Kier molecular flexibility index (Phi) is 6.48. The first-order valence-electron chi connectivity index (χ1n) is 9.72. The molecule has 0 aliphatic carbocycles. The van der Waals surface area contributed by atoms with Crippen LogP contribution < -0.4 is 14.8 Å². The third kappa shape index (κ3) is 4.63. The predicted molar refractivity (Wildman–Crippen MR) is 111 cm³/mol. The summed E-state index contributed by atoms with van der Waals surface area (Å²) in [5.41, 5.74) is 0.365. The molecule has 1 N–H and O–H groups in total. The van der Waals surface area contributed by atoms with E-state index in [9.17, 15) is 14.4 Å². The number of esters is 2. The number of carbonyl (C=O) groups is 3. The minimum absolute atomic E-state index is 0.113. The Balaban J connectivity index is 1.89. The monoisotopic (exact) mass is 427 g/mol. The number of rotatable bonds is 7. The lowest BCUT2D eigenvalue weighted by Gasteiger charge is -2.34. The zero-order valence-corrected chi connectivity index (χ0v) is 17.9. The summed E-state index contributed by atoms with van der Waals surface area (Å²) in [5, 5.41) is 2.84. The molecule has 8 nitrogen and oxygen atoms in total. The number of ether oxygens (including phenoxy) is 4. The molecule has 2 unspecified atom stereocenters. The Hall–Kier alpha value is -3.55. The summed E-state index contributed by atoms with van der Waals surface area (Å²) in [6.07, 6.45) is 0.107. The van der Waals surface area contributed by atoms with Gasteiger partial charge in [-0.1, -0.05) is 24.3 Å². The molecule has 0 bridgehead atoms. The van der Waals surface area contributed by atoms with Gasteiger partial charge in [-0.15, -0.1) is 0 Å². The van der Waals surface area contributed by atoms with Crippen LogP contribution in [-0.2, 0) is 25.5 Å². The fourth-order valence-corrected chi connectivity index (χ4v) is 3.54. The SMILES string of the molecule is COC(=O)CC(NC(=O)C1(C)Cc2ccccc2C(=O)O1)c1ccc(OC)c(OC)c1. The van der Waals surface area contributed by atoms with Gasteiger partial charge in [-0.25, -0.2) is 4.79 Å². The minimum Gasteiger partial charge on any atom is -0.493 e. The molecule has 164 valence electrons. The van der Waals surface area contributed by atoms with Crippen LogP contribution in [0.3, 0.4) is 0 Å². The highest BCUT2D eigenvalue weighted by molar-refractivity contribution is 5.97. The van der Waals surface area contributed by atoms with E-state index in [1.165, 1.54) is 21.3 Å². The third-order valence-corrected chi connectivity index (χ3v) is 5.28. The zero-order valence-electron chi connectivity index (χ0n) is 17.9. The summed E-state index contributed by atoms with van der Waals surface area (Å²) in [7, 11) is 4.29. The van der Waals surface area contributed by atoms with E-state index in [1.54, 1.807) is 49.4 Å². The van der Waals surface area contributed by atoms with Crippen molar-refractivity contribution in [3.63, 3.8) is 0 Å². The molecule has 1 aliphatic rings. The molecule has 2 atom stereocenters. The van der Waals surface area contributed by atoms with Crippen LogP contribution in [0.5, 0.6) is 11.5 Å². The maximum atomic E-state index is 13.2. The van der Waals surface area contributed by atoms with Gasteiger partial charge in [-0.3, -0.25) is 9.59 Å². The largest absolute Gasteiger partial charge is 0.493 e. The summed E-state index contributed by atoms with van der Waals surface area (Å²) in [6.45, 7) is 1.56. The molecule has 0 saturated carbocycles. The molecule has 1 aliphatic heterocycles. The molecule has 8 heteroatoms. The zero-order chi connectivity index (χ0) is 22.6. The number of nitrogens with one attached hydrogen (secondary N) is 1. The number of hydrogen-bond acceptors (Lipinski definition) is 7. The van der Waals surface area contributed by atoms with Crippen molar-refractivity contribution in [1.82, 2.24) is 5.32 Å². The fourth-order valence-electron chi connectivity index (χ4n) is 3.54. The molecule has 31 heavy (non-hydrogen) atoms. The molecule has 0 radical (unpaired) electrons. The Morgan fingerprint density at radius 2 is 1.81 bits per heavy atom. The standard InChI is InChI=1S/C23H25NO7/c1-23(13-15-7-5-6-8-16(15)21(26)31-23)22(27)24-17(12-20(25)30-4)14-9-10-18(28-2)19(11-14)29-3/h5-11,17H,12-13H2,1-4H3,(H,24,27). The second-order valence-corrected chi connectivity index (χ2v) is 7.38. The van der Waals surface area contributed by atoms with Crippen molar-refractivity contribution in [1.29, 1.82) is 0 Å². The van der Waals surface area contributed by atoms with Crippen molar-refractivity contribution >= 4 is 17.8 Å². The van der Waals surface area contributed by atoms with E-state index in [0.29, 0.717) is 22.6 Å². The Bertz CT molecular complexity index is 1000. The predicted octanol–water partition coefficient (Wildman–Crippen LogP) is 2.60. The maximum Gasteiger partial charge on any atom is 0.339 e. The van der Waals surface area contributed by atoms with Crippen molar-refractivity contribution < 1.29 is 33.3 Å². The van der Waals surface area contributed by atoms with Gasteiger partial charge < -0.3 is 24.3 Å². The van der Waals surface area contributed by atoms with Crippen LogP contribution in [0.2, 0.25) is 0 Å². The lowest BCUT2D eigenvalue weighted by atomic mass is 9.88. The van der Waals surface area contributed by atoms with Crippen LogP contribution in [-0.4, -0.2) is 44.8 Å². The van der Waals surface area contributed by atoms with E-state index >= 15 is 0 Å². The van der Waals surface area contributed by atoms with Crippen molar-refractivity contribution in [3.8, 4) is 11.5 Å². The molecular formula is C23H25NO7. The molecule has 2 aromatic carbocycles. The van der Waals surface area contributed by atoms with Crippen LogP contribution in [0.25, 0.3) is 0 Å². The van der Waals surface area contributed by atoms with Crippen molar-refractivity contribution in [3.05, 3.63) is 59.2 Å². The van der Waals surface area contributed by atoms with Crippen molar-refractivity contribution in [2.45, 2.75) is 31.4 Å². The van der Waals surface area contributed by atoms with Gasteiger partial charge in [0.05, 0.1) is 39.4 Å². The van der Waals surface area contributed by atoms with E-state index in [1.807, 2.05) is 0 Å². The van der Waals surface area contributed by atoms with Crippen LogP contribution in [0.1, 0.15) is 40.9 Å². The first kappa shape index (κ1) is 22.1. The molecule has 0 aromatic heterocycles. The summed E-state index contributed by atoms with van der Waals surface area (Å²) < 4.78 is 20.9. The van der Waals surface area contributed by atoms with Crippen molar-refractivity contribution in [2.75, 3.05) is 21.3 Å². The molecule has 2 aromatic rings. The fraction of sp³-hybridized carbons (Fsp3) is 0.348. The molecule has 0 spiro atoms. The van der Waals surface area contributed by atoms with Gasteiger partial charge in [0.25, 0.3) is 5.91 Å². The number of benzene rings is 2. The van der Waals surface area contributed by atoms with Gasteiger partial charge in [-0.05, 0) is 36.2 Å². The Morgan fingerprint density at radius 3 is 2.48 bits per heavy atom. The van der Waals surface area contributed by atoms with Gasteiger partial charge in [0.2, 0.25) is 0 Å². The summed E-state index contributed by atoms with van der Waals surface area (Å²) >= 11 is 0. The van der Waals surface area contributed by atoms with E-state index in [2.05, 4.69) is 5.32 Å². The van der Waals surface area contributed by atoms with E-state index in [4.69, 9.17) is 18.9 Å². The first-order chi connectivity index (χ1) is 14.8. The third-order valence-electron chi connectivity index (χ3n) is 5.28. The molecule has 0 fully saturated rings. The Morgan fingerprint density at radius 1 is 1.10 bits per heavy atom. The van der Waals surface area contributed by atoms with Crippen LogP contribution in [0.15, 0.2) is 42.5 Å². The number of methoxy groups -OCH3 is 3.